The first-order valence-electron chi connectivity index (χ1n) is 10.7. The van der Waals surface area contributed by atoms with Gasteiger partial charge >= 0.3 is 23.9 Å². The van der Waals surface area contributed by atoms with Crippen LogP contribution in [0.15, 0.2) is 24.3 Å². The van der Waals surface area contributed by atoms with Gasteiger partial charge in [-0.2, -0.15) is 0 Å². The molecule has 8 nitrogen and oxygen atoms in total. The van der Waals surface area contributed by atoms with Gasteiger partial charge in [-0.3, -0.25) is 19.2 Å². The summed E-state index contributed by atoms with van der Waals surface area (Å²) in [7, 11) is 0. The lowest BCUT2D eigenvalue weighted by Gasteiger charge is -2.25. The van der Waals surface area contributed by atoms with E-state index in [0.29, 0.717) is 17.5 Å². The minimum atomic E-state index is -0.923. The van der Waals surface area contributed by atoms with Crippen LogP contribution in [0.1, 0.15) is 70.9 Å². The first-order chi connectivity index (χ1) is 16.3. The maximum absolute atomic E-state index is 14.9. The zero-order chi connectivity index (χ0) is 26.4. The van der Waals surface area contributed by atoms with Crippen LogP contribution >= 0.6 is 0 Å². The van der Waals surface area contributed by atoms with Crippen LogP contribution in [0.2, 0.25) is 0 Å². The summed E-state index contributed by atoms with van der Waals surface area (Å²) in [5.74, 6) is -7.44. The lowest BCUT2D eigenvalue weighted by Crippen LogP contribution is -2.13. The molecule has 2 aromatic carbocycles. The third kappa shape index (κ3) is 7.08. The summed E-state index contributed by atoms with van der Waals surface area (Å²) in [6.45, 7) is 7.96. The van der Waals surface area contributed by atoms with E-state index < -0.39 is 58.8 Å². The van der Waals surface area contributed by atoms with Gasteiger partial charge in [0, 0.05) is 27.7 Å². The standard InChI is InChI=1S/C25H26F2O8/c1-7-19(18-9-21(27)25(35-16(6)31)23(11-18)33-14(4)29)12(2)17-8-20(26)24(34-15(5)30)22(10-17)32-13(3)28/h8-12,19H,7H2,1-6H3/t12-,19+/m0/s1. The first kappa shape index (κ1) is 27.4. The lowest BCUT2D eigenvalue weighted by atomic mass is 9.80. The SMILES string of the molecule is CC[C@@H](c1cc(F)c(OC(C)=O)c(OC(C)=O)c1)[C@@H](C)c1cc(F)c(OC(C)=O)c(OC(C)=O)c1. The van der Waals surface area contributed by atoms with Gasteiger partial charge < -0.3 is 18.9 Å². The van der Waals surface area contributed by atoms with E-state index in [1.165, 1.54) is 12.1 Å². The van der Waals surface area contributed by atoms with E-state index in [0.717, 1.165) is 39.8 Å². The quantitative estimate of drug-likeness (QED) is 0.376. The van der Waals surface area contributed by atoms with Gasteiger partial charge in [-0.25, -0.2) is 8.78 Å². The van der Waals surface area contributed by atoms with E-state index in [4.69, 9.17) is 18.9 Å². The van der Waals surface area contributed by atoms with Crippen molar-refractivity contribution in [3.63, 3.8) is 0 Å². The zero-order valence-corrected chi connectivity index (χ0v) is 20.2. The highest BCUT2D eigenvalue weighted by Crippen LogP contribution is 2.43. The normalized spacial score (nSPS) is 12.3. The minimum Gasteiger partial charge on any atom is -0.423 e. The van der Waals surface area contributed by atoms with Gasteiger partial charge in [0.25, 0.3) is 0 Å². The van der Waals surface area contributed by atoms with Crippen molar-refractivity contribution in [3.05, 3.63) is 47.0 Å². The molecule has 2 atom stereocenters. The van der Waals surface area contributed by atoms with Crippen LogP contribution in [-0.2, 0) is 19.2 Å². The summed E-state index contributed by atoms with van der Waals surface area (Å²) in [5, 5.41) is 0. The highest BCUT2D eigenvalue weighted by atomic mass is 19.1. The van der Waals surface area contributed by atoms with Crippen molar-refractivity contribution in [2.75, 3.05) is 0 Å². The molecule has 0 unspecified atom stereocenters. The Hall–Kier alpha value is -3.82. The van der Waals surface area contributed by atoms with Gasteiger partial charge in [0.05, 0.1) is 0 Å². The Kier molecular flexibility index (Phi) is 9.05. The molecule has 0 saturated carbocycles. The molecule has 0 radical (unpaired) electrons. The van der Waals surface area contributed by atoms with Crippen LogP contribution < -0.4 is 18.9 Å². The average Bonchev–Trinajstić information content (AvgIpc) is 2.72. The Bertz CT molecular complexity index is 1160. The number of carbonyl (C=O) groups excluding carboxylic acids is 4. The fourth-order valence-electron chi connectivity index (χ4n) is 3.71. The number of benzene rings is 2. The van der Waals surface area contributed by atoms with Gasteiger partial charge in [-0.1, -0.05) is 13.8 Å². The number of halogens is 2. The van der Waals surface area contributed by atoms with E-state index in [1.54, 1.807) is 6.92 Å². The van der Waals surface area contributed by atoms with Crippen molar-refractivity contribution in [1.82, 2.24) is 0 Å². The second-order valence-corrected chi connectivity index (χ2v) is 7.84. The van der Waals surface area contributed by atoms with Crippen LogP contribution in [0.4, 0.5) is 8.78 Å². The van der Waals surface area contributed by atoms with Crippen molar-refractivity contribution in [2.45, 2.75) is 59.8 Å². The van der Waals surface area contributed by atoms with E-state index in [9.17, 15) is 28.0 Å². The molecule has 0 aliphatic heterocycles. The molecule has 0 spiro atoms. The number of ether oxygens (including phenoxy) is 4. The summed E-state index contributed by atoms with van der Waals surface area (Å²) in [4.78, 5) is 45.8. The molecule has 0 fully saturated rings. The Labute approximate surface area is 201 Å². The van der Waals surface area contributed by atoms with Gasteiger partial charge in [0.15, 0.2) is 23.1 Å². The predicted octanol–water partition coefficient (Wildman–Crippen LogP) is 4.96. The highest BCUT2D eigenvalue weighted by molar-refractivity contribution is 5.75. The molecule has 0 N–H and O–H groups in total. The van der Waals surface area contributed by atoms with Gasteiger partial charge in [-0.05, 0) is 53.6 Å². The topological polar surface area (TPSA) is 105 Å². The fraction of sp³-hybridized carbons (Fsp3) is 0.360. The van der Waals surface area contributed by atoms with Crippen molar-refractivity contribution in [3.8, 4) is 23.0 Å². The van der Waals surface area contributed by atoms with Crippen LogP contribution in [-0.4, -0.2) is 23.9 Å². The Balaban J connectivity index is 2.58. The molecule has 0 amide bonds. The minimum absolute atomic E-state index is 0.273. The molecule has 0 aliphatic carbocycles. The van der Waals surface area contributed by atoms with E-state index in [1.807, 2.05) is 6.92 Å². The number of hydrogen-bond acceptors (Lipinski definition) is 8. The van der Waals surface area contributed by atoms with Crippen molar-refractivity contribution in [2.24, 2.45) is 0 Å². The zero-order valence-electron chi connectivity index (χ0n) is 20.2. The van der Waals surface area contributed by atoms with Gasteiger partial charge in [0.1, 0.15) is 0 Å². The van der Waals surface area contributed by atoms with Crippen LogP contribution in [0, 0.1) is 11.6 Å². The Morgan fingerprint density at radius 3 is 1.43 bits per heavy atom. The Morgan fingerprint density at radius 1 is 0.686 bits per heavy atom. The second kappa shape index (κ2) is 11.5. The van der Waals surface area contributed by atoms with Crippen molar-refractivity contribution < 1.29 is 46.9 Å². The van der Waals surface area contributed by atoms with E-state index in [2.05, 4.69) is 0 Å². The smallest absolute Gasteiger partial charge is 0.308 e. The van der Waals surface area contributed by atoms with Gasteiger partial charge in [-0.15, -0.1) is 0 Å². The maximum Gasteiger partial charge on any atom is 0.308 e. The number of hydrogen-bond donors (Lipinski definition) is 0. The van der Waals surface area contributed by atoms with Crippen LogP contribution in [0.5, 0.6) is 23.0 Å². The number of carbonyl (C=O) groups is 4. The van der Waals surface area contributed by atoms with Crippen molar-refractivity contribution >= 4 is 23.9 Å². The molecule has 2 rings (SSSR count). The molecule has 0 aromatic heterocycles. The maximum atomic E-state index is 14.9. The number of esters is 4. The second-order valence-electron chi connectivity index (χ2n) is 7.84. The third-order valence-electron chi connectivity index (χ3n) is 5.06. The summed E-state index contributed by atoms with van der Waals surface area (Å²) in [6.07, 6.45) is 0.448. The first-order valence-corrected chi connectivity index (χ1v) is 10.7. The molecule has 2 aromatic rings. The molecule has 188 valence electrons. The summed E-state index contributed by atoms with van der Waals surface area (Å²) in [6, 6.07) is 5.03. The van der Waals surface area contributed by atoms with E-state index >= 15 is 0 Å². The van der Waals surface area contributed by atoms with Crippen LogP contribution in [0.3, 0.4) is 0 Å². The lowest BCUT2D eigenvalue weighted by molar-refractivity contribution is -0.134. The molecule has 0 heterocycles. The molecular formula is C25H26F2O8. The highest BCUT2D eigenvalue weighted by Gasteiger charge is 2.27. The monoisotopic (exact) mass is 492 g/mol. The van der Waals surface area contributed by atoms with Crippen molar-refractivity contribution in [1.29, 1.82) is 0 Å². The molecule has 10 heteroatoms. The molecule has 0 aliphatic rings. The summed E-state index contributed by atoms with van der Waals surface area (Å²) in [5.41, 5.74) is 0.767. The summed E-state index contributed by atoms with van der Waals surface area (Å²) >= 11 is 0. The average molecular weight is 492 g/mol. The molecule has 0 saturated heterocycles. The fourth-order valence-corrected chi connectivity index (χ4v) is 3.71. The molecular weight excluding hydrogens is 466 g/mol. The summed E-state index contributed by atoms with van der Waals surface area (Å²) < 4.78 is 49.6. The van der Waals surface area contributed by atoms with Crippen LogP contribution in [0.25, 0.3) is 0 Å². The number of rotatable bonds is 8. The van der Waals surface area contributed by atoms with Gasteiger partial charge in [0.2, 0.25) is 11.5 Å². The largest absolute Gasteiger partial charge is 0.423 e. The molecule has 35 heavy (non-hydrogen) atoms. The predicted molar refractivity (Wildman–Crippen MR) is 119 cm³/mol. The molecule has 0 bridgehead atoms. The van der Waals surface area contributed by atoms with E-state index in [-0.39, 0.29) is 11.5 Å². The Morgan fingerprint density at radius 2 is 1.06 bits per heavy atom. The third-order valence-corrected chi connectivity index (χ3v) is 5.06.